The Morgan fingerprint density at radius 3 is 2.45 bits per heavy atom. The smallest absolute Gasteiger partial charge is 0.228 e. The molecule has 104 valence electrons. The number of anilines is 1. The Balaban J connectivity index is 2.07. The molecule has 0 radical (unpaired) electrons. The average Bonchev–Trinajstić information content (AvgIpc) is 2.37. The van der Waals surface area contributed by atoms with Crippen LogP contribution in [0.3, 0.4) is 0 Å². The van der Waals surface area contributed by atoms with Gasteiger partial charge in [-0.05, 0) is 51.8 Å². The molecule has 0 spiro atoms. The summed E-state index contributed by atoms with van der Waals surface area (Å²) in [5, 5.41) is 3.76. The first-order valence-electron chi connectivity index (χ1n) is 5.64. The second kappa shape index (κ2) is 6.94. The molecule has 0 aliphatic carbocycles. The van der Waals surface area contributed by atoms with Crippen LogP contribution in [-0.2, 0) is 11.2 Å². The predicted molar refractivity (Wildman–Crippen MR) is 90.6 cm³/mol. The van der Waals surface area contributed by atoms with Crippen LogP contribution in [0.5, 0.6) is 0 Å². The van der Waals surface area contributed by atoms with Crippen LogP contribution in [0.2, 0.25) is 10.0 Å². The van der Waals surface area contributed by atoms with Crippen molar-refractivity contribution in [2.45, 2.75) is 6.42 Å². The number of hydrogen-bond donors (Lipinski definition) is 1. The molecule has 0 unspecified atom stereocenters. The molecule has 0 bridgehead atoms. The van der Waals surface area contributed by atoms with E-state index in [9.17, 15) is 4.79 Å². The lowest BCUT2D eigenvalue weighted by molar-refractivity contribution is -0.115. The highest BCUT2D eigenvalue weighted by Crippen LogP contribution is 2.27. The molecule has 1 amide bonds. The second-order valence-corrected chi connectivity index (χ2v) is 6.68. The maximum Gasteiger partial charge on any atom is 0.228 e. The Morgan fingerprint density at radius 1 is 1.05 bits per heavy atom. The van der Waals surface area contributed by atoms with Crippen molar-refractivity contribution >= 4 is 66.7 Å². The van der Waals surface area contributed by atoms with Gasteiger partial charge in [-0.3, -0.25) is 4.79 Å². The second-order valence-electron chi connectivity index (χ2n) is 4.10. The maximum absolute atomic E-state index is 12.0. The number of hydrogen-bond acceptors (Lipinski definition) is 1. The van der Waals surface area contributed by atoms with E-state index in [1.807, 2.05) is 18.2 Å². The van der Waals surface area contributed by atoms with Crippen LogP contribution in [-0.4, -0.2) is 5.91 Å². The summed E-state index contributed by atoms with van der Waals surface area (Å²) >= 11 is 18.5. The molecule has 0 saturated carbocycles. The fourth-order valence-electron chi connectivity index (χ4n) is 1.62. The van der Waals surface area contributed by atoms with Gasteiger partial charge in [-0.1, -0.05) is 45.2 Å². The molecular weight excluding hydrogens is 429 g/mol. The first-order chi connectivity index (χ1) is 9.45. The summed E-state index contributed by atoms with van der Waals surface area (Å²) in [4.78, 5) is 12.0. The molecule has 1 N–H and O–H groups in total. The van der Waals surface area contributed by atoms with E-state index >= 15 is 0 Å². The van der Waals surface area contributed by atoms with Crippen molar-refractivity contribution in [1.82, 2.24) is 0 Å². The molecule has 2 aromatic rings. The van der Waals surface area contributed by atoms with E-state index in [2.05, 4.69) is 37.2 Å². The van der Waals surface area contributed by atoms with Crippen molar-refractivity contribution in [3.8, 4) is 0 Å². The molecule has 2 nitrogen and oxygen atoms in total. The monoisotopic (exact) mass is 435 g/mol. The summed E-state index contributed by atoms with van der Waals surface area (Å²) in [6.07, 6.45) is 0.236. The average molecular weight is 438 g/mol. The van der Waals surface area contributed by atoms with Crippen LogP contribution < -0.4 is 5.32 Å². The molecule has 0 heterocycles. The molecule has 6 heteroatoms. The molecular formula is C14H9Br2Cl2NO. The Bertz CT molecular complexity index is 662. The van der Waals surface area contributed by atoms with E-state index < -0.39 is 0 Å². The van der Waals surface area contributed by atoms with Crippen molar-refractivity contribution in [3.05, 3.63) is 61.0 Å². The van der Waals surface area contributed by atoms with Gasteiger partial charge in [0, 0.05) is 8.95 Å². The zero-order valence-electron chi connectivity index (χ0n) is 10.1. The van der Waals surface area contributed by atoms with Gasteiger partial charge in [0.25, 0.3) is 0 Å². The van der Waals surface area contributed by atoms with Crippen LogP contribution in [0.1, 0.15) is 5.56 Å². The van der Waals surface area contributed by atoms with Crippen LogP contribution in [0.15, 0.2) is 45.3 Å². The van der Waals surface area contributed by atoms with Crippen molar-refractivity contribution in [3.63, 3.8) is 0 Å². The number of carbonyl (C=O) groups excluding carboxylic acids is 1. The summed E-state index contributed by atoms with van der Waals surface area (Å²) in [6.45, 7) is 0. The number of rotatable bonds is 3. The van der Waals surface area contributed by atoms with Crippen molar-refractivity contribution in [1.29, 1.82) is 0 Å². The van der Waals surface area contributed by atoms with Gasteiger partial charge >= 0.3 is 0 Å². The zero-order chi connectivity index (χ0) is 14.7. The first-order valence-corrected chi connectivity index (χ1v) is 7.99. The van der Waals surface area contributed by atoms with Gasteiger partial charge in [-0.15, -0.1) is 0 Å². The van der Waals surface area contributed by atoms with E-state index in [1.165, 1.54) is 0 Å². The quantitative estimate of drug-likeness (QED) is 0.655. The molecule has 0 aliphatic rings. The largest absolute Gasteiger partial charge is 0.325 e. The lowest BCUT2D eigenvalue weighted by Crippen LogP contribution is -2.14. The fourth-order valence-corrected chi connectivity index (χ4v) is 3.09. The summed E-state index contributed by atoms with van der Waals surface area (Å²) in [6, 6.07) is 10.7. The molecule has 2 aromatic carbocycles. The van der Waals surface area contributed by atoms with Crippen molar-refractivity contribution < 1.29 is 4.79 Å². The Labute approximate surface area is 143 Å². The van der Waals surface area contributed by atoms with E-state index in [0.717, 1.165) is 20.2 Å². The fraction of sp³-hybridized carbons (Fsp3) is 0.0714. The minimum absolute atomic E-state index is 0.119. The highest BCUT2D eigenvalue weighted by molar-refractivity contribution is 9.11. The molecule has 0 aromatic heterocycles. The van der Waals surface area contributed by atoms with E-state index in [-0.39, 0.29) is 12.3 Å². The molecule has 2 rings (SSSR count). The van der Waals surface area contributed by atoms with Gasteiger partial charge in [0.1, 0.15) is 0 Å². The summed E-state index contributed by atoms with van der Waals surface area (Å²) < 4.78 is 1.75. The number of carbonyl (C=O) groups is 1. The standard InChI is InChI=1S/C14H9Br2Cl2NO/c15-9-2-4-13(10(16)7-9)19-14(20)6-8-1-3-11(17)12(18)5-8/h1-5,7H,6H2,(H,19,20). The maximum atomic E-state index is 12.0. The normalized spacial score (nSPS) is 10.4. The van der Waals surface area contributed by atoms with E-state index in [1.54, 1.807) is 18.2 Å². The molecule has 20 heavy (non-hydrogen) atoms. The van der Waals surface area contributed by atoms with E-state index in [4.69, 9.17) is 23.2 Å². The van der Waals surface area contributed by atoms with Crippen LogP contribution >= 0.6 is 55.1 Å². The minimum Gasteiger partial charge on any atom is -0.325 e. The third-order valence-corrected chi connectivity index (χ3v) is 4.44. The Morgan fingerprint density at radius 2 is 1.80 bits per heavy atom. The summed E-state index contributed by atoms with van der Waals surface area (Å²) in [5.74, 6) is -0.119. The van der Waals surface area contributed by atoms with Crippen LogP contribution in [0.4, 0.5) is 5.69 Å². The van der Waals surface area contributed by atoms with E-state index in [0.29, 0.717) is 10.0 Å². The molecule has 0 fully saturated rings. The number of nitrogens with one attached hydrogen (secondary N) is 1. The number of amides is 1. The predicted octanol–water partition coefficient (Wildman–Crippen LogP) is 5.70. The lowest BCUT2D eigenvalue weighted by atomic mass is 10.1. The SMILES string of the molecule is O=C(Cc1ccc(Cl)c(Cl)c1)Nc1ccc(Br)cc1Br. The number of halogens is 4. The van der Waals surface area contributed by atoms with Crippen LogP contribution in [0, 0.1) is 0 Å². The van der Waals surface area contributed by atoms with Gasteiger partial charge in [0.05, 0.1) is 22.2 Å². The zero-order valence-corrected chi connectivity index (χ0v) is 14.8. The third-order valence-electron chi connectivity index (χ3n) is 2.55. The van der Waals surface area contributed by atoms with Crippen molar-refractivity contribution in [2.75, 3.05) is 5.32 Å². The third kappa shape index (κ3) is 4.22. The molecule has 0 aliphatic heterocycles. The molecule has 0 atom stereocenters. The van der Waals surface area contributed by atoms with Crippen molar-refractivity contribution in [2.24, 2.45) is 0 Å². The lowest BCUT2D eigenvalue weighted by Gasteiger charge is -2.08. The highest BCUT2D eigenvalue weighted by Gasteiger charge is 2.08. The van der Waals surface area contributed by atoms with Gasteiger partial charge in [0.2, 0.25) is 5.91 Å². The summed E-state index contributed by atoms with van der Waals surface area (Å²) in [7, 11) is 0. The van der Waals surface area contributed by atoms with Gasteiger partial charge in [0.15, 0.2) is 0 Å². The summed E-state index contributed by atoms with van der Waals surface area (Å²) in [5.41, 5.74) is 1.53. The number of benzene rings is 2. The van der Waals surface area contributed by atoms with Gasteiger partial charge < -0.3 is 5.32 Å². The Hall–Kier alpha value is -0.550. The van der Waals surface area contributed by atoms with Gasteiger partial charge in [-0.2, -0.15) is 0 Å². The topological polar surface area (TPSA) is 29.1 Å². The minimum atomic E-state index is -0.119. The van der Waals surface area contributed by atoms with Gasteiger partial charge in [-0.25, -0.2) is 0 Å². The Kier molecular flexibility index (Phi) is 5.49. The van der Waals surface area contributed by atoms with Crippen LogP contribution in [0.25, 0.3) is 0 Å². The first kappa shape index (κ1) is 15.8. The molecule has 0 saturated heterocycles. The highest BCUT2D eigenvalue weighted by atomic mass is 79.9.